The molecular formula is C14H18ClN3O2. The van der Waals surface area contributed by atoms with Gasteiger partial charge in [0.15, 0.2) is 0 Å². The van der Waals surface area contributed by atoms with E-state index < -0.39 is 0 Å². The topological polar surface area (TPSA) is 78.0 Å². The van der Waals surface area contributed by atoms with Crippen molar-refractivity contribution in [2.24, 2.45) is 0 Å². The second-order valence-electron chi connectivity index (χ2n) is 5.04. The Morgan fingerprint density at radius 1 is 1.45 bits per heavy atom. The van der Waals surface area contributed by atoms with Crippen LogP contribution < -0.4 is 10.9 Å². The van der Waals surface area contributed by atoms with E-state index in [-0.39, 0.29) is 17.7 Å². The summed E-state index contributed by atoms with van der Waals surface area (Å²) >= 11 is 5.91. The molecule has 2 aromatic rings. The first-order valence-electron chi connectivity index (χ1n) is 6.55. The van der Waals surface area contributed by atoms with Crippen molar-refractivity contribution in [1.82, 2.24) is 15.3 Å². The van der Waals surface area contributed by atoms with E-state index in [4.69, 9.17) is 11.6 Å². The van der Waals surface area contributed by atoms with Crippen LogP contribution in [0, 0.1) is 0 Å². The van der Waals surface area contributed by atoms with E-state index >= 15 is 0 Å². The Morgan fingerprint density at radius 2 is 2.20 bits per heavy atom. The standard InChI is InChI=1S/C14H18ClN3O2/c1-8(5-9(2)19)16-7-13-17-12-6-10(15)3-4-11(12)14(20)18-13/h3-4,6,8-9,16,19H,5,7H2,1-2H3,(H,17,18,20). The maximum atomic E-state index is 11.9. The molecule has 0 aliphatic carbocycles. The smallest absolute Gasteiger partial charge is 0.258 e. The van der Waals surface area contributed by atoms with Crippen molar-refractivity contribution < 1.29 is 5.11 Å². The zero-order valence-electron chi connectivity index (χ0n) is 11.5. The number of benzene rings is 1. The Morgan fingerprint density at radius 3 is 2.90 bits per heavy atom. The van der Waals surface area contributed by atoms with Gasteiger partial charge in [0.2, 0.25) is 0 Å². The van der Waals surface area contributed by atoms with Crippen molar-refractivity contribution in [2.75, 3.05) is 0 Å². The Hall–Kier alpha value is -1.43. The summed E-state index contributed by atoms with van der Waals surface area (Å²) in [7, 11) is 0. The normalized spacial score (nSPS) is 14.4. The number of halogens is 1. The maximum absolute atomic E-state index is 11.9. The number of aliphatic hydroxyl groups excluding tert-OH is 1. The van der Waals surface area contributed by atoms with Gasteiger partial charge in [0.25, 0.3) is 5.56 Å². The molecule has 0 bridgehead atoms. The highest BCUT2D eigenvalue weighted by molar-refractivity contribution is 6.31. The van der Waals surface area contributed by atoms with Gasteiger partial charge in [0.1, 0.15) is 5.82 Å². The number of fused-ring (bicyclic) bond motifs is 1. The number of nitrogens with zero attached hydrogens (tertiary/aromatic N) is 1. The number of H-pyrrole nitrogens is 1. The molecule has 1 aromatic heterocycles. The molecule has 0 fully saturated rings. The SMILES string of the molecule is CC(O)CC(C)NCc1nc2cc(Cl)ccc2c(=O)[nH]1. The molecule has 5 nitrogen and oxygen atoms in total. The zero-order valence-corrected chi connectivity index (χ0v) is 12.2. The van der Waals surface area contributed by atoms with Crippen LogP contribution in [0.3, 0.4) is 0 Å². The van der Waals surface area contributed by atoms with Gasteiger partial charge in [0, 0.05) is 11.1 Å². The number of rotatable bonds is 5. The summed E-state index contributed by atoms with van der Waals surface area (Å²) in [5.41, 5.74) is 0.410. The summed E-state index contributed by atoms with van der Waals surface area (Å²) in [5, 5.41) is 13.6. The molecule has 20 heavy (non-hydrogen) atoms. The highest BCUT2D eigenvalue weighted by atomic mass is 35.5. The fraction of sp³-hybridized carbons (Fsp3) is 0.429. The molecule has 3 N–H and O–H groups in total. The van der Waals surface area contributed by atoms with E-state index in [9.17, 15) is 9.90 Å². The molecule has 0 aliphatic heterocycles. The summed E-state index contributed by atoms with van der Waals surface area (Å²) in [5.74, 6) is 0.558. The predicted molar refractivity (Wildman–Crippen MR) is 80.0 cm³/mol. The molecule has 0 spiro atoms. The number of aromatic amines is 1. The lowest BCUT2D eigenvalue weighted by Crippen LogP contribution is -2.30. The molecule has 2 rings (SSSR count). The predicted octanol–water partition coefficient (Wildman–Crippen LogP) is 1.83. The monoisotopic (exact) mass is 295 g/mol. The summed E-state index contributed by atoms with van der Waals surface area (Å²) < 4.78 is 0. The molecule has 0 aliphatic rings. The highest BCUT2D eigenvalue weighted by Crippen LogP contribution is 2.14. The lowest BCUT2D eigenvalue weighted by Gasteiger charge is -2.15. The molecule has 6 heteroatoms. The van der Waals surface area contributed by atoms with E-state index in [0.29, 0.717) is 34.7 Å². The van der Waals surface area contributed by atoms with Crippen LogP contribution in [0.5, 0.6) is 0 Å². The highest BCUT2D eigenvalue weighted by Gasteiger charge is 2.08. The van der Waals surface area contributed by atoms with Crippen LogP contribution in [0.2, 0.25) is 5.02 Å². The largest absolute Gasteiger partial charge is 0.393 e. The Labute approximate surface area is 122 Å². The molecule has 1 heterocycles. The van der Waals surface area contributed by atoms with Crippen LogP contribution in [0.1, 0.15) is 26.1 Å². The van der Waals surface area contributed by atoms with Crippen molar-refractivity contribution in [3.8, 4) is 0 Å². The second-order valence-corrected chi connectivity index (χ2v) is 5.48. The minimum atomic E-state index is -0.361. The van der Waals surface area contributed by atoms with Gasteiger partial charge in [-0.2, -0.15) is 0 Å². The summed E-state index contributed by atoms with van der Waals surface area (Å²) in [4.78, 5) is 19.1. The second kappa shape index (κ2) is 6.35. The number of hydrogen-bond acceptors (Lipinski definition) is 4. The Bertz CT molecular complexity index is 654. The summed E-state index contributed by atoms with van der Waals surface area (Å²) in [6.45, 7) is 4.16. The molecule has 0 saturated heterocycles. The van der Waals surface area contributed by atoms with Crippen LogP contribution in [0.4, 0.5) is 0 Å². The van der Waals surface area contributed by atoms with Gasteiger partial charge in [-0.1, -0.05) is 11.6 Å². The molecule has 0 saturated carbocycles. The van der Waals surface area contributed by atoms with Gasteiger partial charge >= 0.3 is 0 Å². The van der Waals surface area contributed by atoms with Gasteiger partial charge in [-0.05, 0) is 38.5 Å². The van der Waals surface area contributed by atoms with Crippen molar-refractivity contribution in [3.05, 3.63) is 39.4 Å². The zero-order chi connectivity index (χ0) is 14.7. The van der Waals surface area contributed by atoms with E-state index in [1.54, 1.807) is 25.1 Å². The van der Waals surface area contributed by atoms with Crippen molar-refractivity contribution >= 4 is 22.5 Å². The third-order valence-corrected chi connectivity index (χ3v) is 3.27. The third kappa shape index (κ3) is 3.79. The lowest BCUT2D eigenvalue weighted by atomic mass is 10.1. The number of aliphatic hydroxyl groups is 1. The lowest BCUT2D eigenvalue weighted by molar-refractivity contribution is 0.170. The van der Waals surface area contributed by atoms with Crippen molar-refractivity contribution in [1.29, 1.82) is 0 Å². The van der Waals surface area contributed by atoms with E-state index in [2.05, 4.69) is 15.3 Å². The van der Waals surface area contributed by atoms with Gasteiger partial charge < -0.3 is 15.4 Å². The quantitative estimate of drug-likeness (QED) is 0.786. The van der Waals surface area contributed by atoms with Gasteiger partial charge in [0.05, 0.1) is 23.6 Å². The number of hydrogen-bond donors (Lipinski definition) is 3. The first kappa shape index (κ1) is 15.0. The summed E-state index contributed by atoms with van der Waals surface area (Å²) in [6, 6.07) is 5.14. The minimum Gasteiger partial charge on any atom is -0.393 e. The molecule has 2 unspecified atom stereocenters. The first-order valence-corrected chi connectivity index (χ1v) is 6.93. The van der Waals surface area contributed by atoms with E-state index in [0.717, 1.165) is 0 Å². The van der Waals surface area contributed by atoms with E-state index in [1.807, 2.05) is 6.92 Å². The van der Waals surface area contributed by atoms with Crippen LogP contribution >= 0.6 is 11.6 Å². The fourth-order valence-electron chi connectivity index (χ4n) is 2.11. The fourth-order valence-corrected chi connectivity index (χ4v) is 2.28. The minimum absolute atomic E-state index is 0.135. The average molecular weight is 296 g/mol. The Kier molecular flexibility index (Phi) is 4.75. The number of nitrogens with one attached hydrogen (secondary N) is 2. The molecule has 1 aromatic carbocycles. The summed E-state index contributed by atoms with van der Waals surface area (Å²) in [6.07, 6.45) is 0.281. The average Bonchev–Trinajstić information content (AvgIpc) is 2.35. The Balaban J connectivity index is 2.17. The van der Waals surface area contributed by atoms with Crippen LogP contribution in [0.25, 0.3) is 10.9 Å². The molecule has 2 atom stereocenters. The van der Waals surface area contributed by atoms with Crippen LogP contribution in [-0.4, -0.2) is 27.2 Å². The molecular weight excluding hydrogens is 278 g/mol. The van der Waals surface area contributed by atoms with Crippen molar-refractivity contribution in [2.45, 2.75) is 39.0 Å². The maximum Gasteiger partial charge on any atom is 0.258 e. The molecule has 108 valence electrons. The van der Waals surface area contributed by atoms with Gasteiger partial charge in [-0.15, -0.1) is 0 Å². The van der Waals surface area contributed by atoms with Gasteiger partial charge in [-0.25, -0.2) is 4.98 Å². The first-order chi connectivity index (χ1) is 9.45. The van der Waals surface area contributed by atoms with Crippen molar-refractivity contribution in [3.63, 3.8) is 0 Å². The van der Waals surface area contributed by atoms with Crippen LogP contribution in [-0.2, 0) is 6.54 Å². The van der Waals surface area contributed by atoms with Crippen LogP contribution in [0.15, 0.2) is 23.0 Å². The molecule has 0 radical (unpaired) electrons. The van der Waals surface area contributed by atoms with Gasteiger partial charge in [-0.3, -0.25) is 4.79 Å². The molecule has 0 amide bonds. The third-order valence-electron chi connectivity index (χ3n) is 3.03. The number of aromatic nitrogens is 2. The van der Waals surface area contributed by atoms with E-state index in [1.165, 1.54) is 0 Å².